The molecule has 0 aliphatic rings. The minimum absolute atomic E-state index is 0.284. The van der Waals surface area contributed by atoms with Crippen molar-refractivity contribution in [1.82, 2.24) is 0 Å². The van der Waals surface area contributed by atoms with E-state index >= 15 is 0 Å². The van der Waals surface area contributed by atoms with Crippen molar-refractivity contribution in [2.24, 2.45) is 0 Å². The summed E-state index contributed by atoms with van der Waals surface area (Å²) in [7, 11) is 0. The van der Waals surface area contributed by atoms with Crippen LogP contribution in [0.4, 0.5) is 0 Å². The number of phenolic OH excluding ortho intramolecular Hbond substituents is 2. The summed E-state index contributed by atoms with van der Waals surface area (Å²) < 4.78 is 0. The van der Waals surface area contributed by atoms with E-state index in [-0.39, 0.29) is 11.5 Å². The van der Waals surface area contributed by atoms with Crippen LogP contribution in [0, 0.1) is 0 Å². The topological polar surface area (TPSA) is 40.5 Å². The van der Waals surface area contributed by atoms with Gasteiger partial charge in [0, 0.05) is 0 Å². The molecule has 0 fully saturated rings. The van der Waals surface area contributed by atoms with Crippen molar-refractivity contribution in [3.63, 3.8) is 0 Å². The van der Waals surface area contributed by atoms with Crippen LogP contribution in [0.25, 0.3) is 11.1 Å². The van der Waals surface area contributed by atoms with Crippen LogP contribution in [0.1, 0.15) is 51.7 Å². The minimum atomic E-state index is 0.284. The molecule has 0 unspecified atom stereocenters. The maximum absolute atomic E-state index is 9.41. The fourth-order valence-electron chi connectivity index (χ4n) is 2.51. The first-order valence-corrected chi connectivity index (χ1v) is 7.96. The summed E-state index contributed by atoms with van der Waals surface area (Å²) in [5.41, 5.74) is 4.82. The molecule has 0 heterocycles. The second-order valence-corrected chi connectivity index (χ2v) is 4.76. The predicted octanol–water partition coefficient (Wildman–Crippen LogP) is 5.85. The molecule has 118 valence electrons. The highest BCUT2D eigenvalue weighted by molar-refractivity contribution is 5.90. The van der Waals surface area contributed by atoms with Crippen molar-refractivity contribution < 1.29 is 10.2 Å². The molecule has 2 aromatic rings. The summed E-state index contributed by atoms with van der Waals surface area (Å²) in [6.07, 6.45) is 1.85. The van der Waals surface area contributed by atoms with Gasteiger partial charge in [0.05, 0.1) is 0 Å². The van der Waals surface area contributed by atoms with Gasteiger partial charge in [0.15, 0.2) is 0 Å². The van der Waals surface area contributed by atoms with E-state index in [1.54, 1.807) is 24.3 Å². The van der Waals surface area contributed by atoms with Gasteiger partial charge in [-0.3, -0.25) is 0 Å². The Bertz CT molecular complexity index is 537. The fourth-order valence-corrected chi connectivity index (χ4v) is 2.51. The summed E-state index contributed by atoms with van der Waals surface area (Å²) in [5.74, 6) is 0.568. The lowest BCUT2D eigenvalue weighted by atomic mass is 9.91. The minimum Gasteiger partial charge on any atom is -0.508 e. The van der Waals surface area contributed by atoms with Crippen LogP contribution in [-0.2, 0) is 0 Å². The molecular formula is C20H26O2. The van der Waals surface area contributed by atoms with Gasteiger partial charge in [-0.15, -0.1) is 0 Å². The lowest BCUT2D eigenvalue weighted by Crippen LogP contribution is -1.91. The molecule has 0 aliphatic heterocycles. The highest BCUT2D eigenvalue weighted by Gasteiger charge is 2.09. The Morgan fingerprint density at radius 1 is 0.636 bits per heavy atom. The zero-order valence-electron chi connectivity index (χ0n) is 13.9. The molecule has 0 spiro atoms. The van der Waals surface area contributed by atoms with Crippen LogP contribution >= 0.6 is 0 Å². The summed E-state index contributed by atoms with van der Waals surface area (Å²) >= 11 is 0. The van der Waals surface area contributed by atoms with E-state index in [4.69, 9.17) is 0 Å². The van der Waals surface area contributed by atoms with Crippen LogP contribution in [0.5, 0.6) is 11.5 Å². The monoisotopic (exact) mass is 298 g/mol. The molecule has 0 amide bonds. The van der Waals surface area contributed by atoms with Gasteiger partial charge >= 0.3 is 0 Å². The molecule has 2 rings (SSSR count). The van der Waals surface area contributed by atoms with Crippen molar-refractivity contribution in [1.29, 1.82) is 0 Å². The van der Waals surface area contributed by atoms with Gasteiger partial charge in [0.2, 0.25) is 0 Å². The quantitative estimate of drug-likeness (QED) is 0.694. The molecule has 0 atom stereocenters. The van der Waals surface area contributed by atoms with E-state index in [1.165, 1.54) is 11.1 Å². The average Bonchev–Trinajstić information content (AvgIpc) is 2.56. The largest absolute Gasteiger partial charge is 0.508 e. The van der Waals surface area contributed by atoms with Crippen molar-refractivity contribution in [2.75, 3.05) is 0 Å². The number of aromatic hydroxyl groups is 2. The predicted molar refractivity (Wildman–Crippen MR) is 95.0 cm³/mol. The Labute approximate surface area is 133 Å². The van der Waals surface area contributed by atoms with Crippen molar-refractivity contribution in [2.45, 2.75) is 40.5 Å². The molecule has 0 saturated carbocycles. The van der Waals surface area contributed by atoms with Gasteiger partial charge < -0.3 is 10.2 Å². The normalized spacial score (nSPS) is 11.3. The third-order valence-electron chi connectivity index (χ3n) is 3.50. The molecule has 2 nitrogen and oxygen atoms in total. The molecule has 0 bridgehead atoms. The zero-order chi connectivity index (χ0) is 16.5. The van der Waals surface area contributed by atoms with E-state index < -0.39 is 0 Å². The third-order valence-corrected chi connectivity index (χ3v) is 3.50. The molecule has 0 aliphatic carbocycles. The van der Waals surface area contributed by atoms with Crippen molar-refractivity contribution in [3.8, 4) is 11.5 Å². The van der Waals surface area contributed by atoms with Gasteiger partial charge in [-0.2, -0.15) is 0 Å². The van der Waals surface area contributed by atoms with Gasteiger partial charge in [-0.25, -0.2) is 0 Å². The smallest absolute Gasteiger partial charge is 0.115 e. The molecule has 22 heavy (non-hydrogen) atoms. The second kappa shape index (κ2) is 8.93. The van der Waals surface area contributed by atoms with E-state index in [0.29, 0.717) is 0 Å². The van der Waals surface area contributed by atoms with Gasteiger partial charge in [-0.05, 0) is 59.4 Å². The number of allylic oxidation sites excluding steroid dienone is 2. The molecule has 0 saturated heterocycles. The third kappa shape index (κ3) is 4.39. The Kier molecular flexibility index (Phi) is 7.24. The van der Waals surface area contributed by atoms with Gasteiger partial charge in [-0.1, -0.05) is 52.0 Å². The lowest BCUT2D eigenvalue weighted by molar-refractivity contribution is 0.474. The first kappa shape index (κ1) is 17.8. The average molecular weight is 298 g/mol. The van der Waals surface area contributed by atoms with Gasteiger partial charge in [0.1, 0.15) is 11.5 Å². The van der Waals surface area contributed by atoms with Crippen LogP contribution in [0.3, 0.4) is 0 Å². The maximum Gasteiger partial charge on any atom is 0.115 e. The number of hydrogen-bond donors (Lipinski definition) is 2. The summed E-state index contributed by atoms with van der Waals surface area (Å²) in [6, 6.07) is 14.7. The molecule has 0 aromatic heterocycles. The first-order valence-electron chi connectivity index (χ1n) is 7.96. The molecular weight excluding hydrogens is 272 g/mol. The van der Waals surface area contributed by atoms with Crippen LogP contribution in [-0.4, -0.2) is 10.2 Å². The highest BCUT2D eigenvalue weighted by atomic mass is 16.3. The van der Waals surface area contributed by atoms with Crippen molar-refractivity contribution >= 4 is 11.1 Å². The Morgan fingerprint density at radius 3 is 1.14 bits per heavy atom. The van der Waals surface area contributed by atoms with Crippen LogP contribution < -0.4 is 0 Å². The lowest BCUT2D eigenvalue weighted by Gasteiger charge is -2.14. The van der Waals surface area contributed by atoms with E-state index in [0.717, 1.165) is 24.0 Å². The number of benzene rings is 2. The summed E-state index contributed by atoms with van der Waals surface area (Å²) in [6.45, 7) is 8.27. The van der Waals surface area contributed by atoms with Crippen LogP contribution in [0.2, 0.25) is 0 Å². The van der Waals surface area contributed by atoms with E-state index in [2.05, 4.69) is 13.8 Å². The number of phenols is 2. The highest BCUT2D eigenvalue weighted by Crippen LogP contribution is 2.32. The molecule has 0 radical (unpaired) electrons. The maximum atomic E-state index is 9.41. The molecule has 2 aromatic carbocycles. The number of hydrogen-bond acceptors (Lipinski definition) is 2. The molecule has 2 N–H and O–H groups in total. The Balaban J connectivity index is 0.00000116. The summed E-state index contributed by atoms with van der Waals surface area (Å²) in [4.78, 5) is 0. The summed E-state index contributed by atoms with van der Waals surface area (Å²) in [5, 5.41) is 18.8. The molecule has 2 heteroatoms. The van der Waals surface area contributed by atoms with E-state index in [9.17, 15) is 10.2 Å². The zero-order valence-corrected chi connectivity index (χ0v) is 13.9. The SMILES string of the molecule is CC.CC/C(=C(/CC)c1ccc(O)cc1)c1ccc(O)cc1. The fraction of sp³-hybridized carbons (Fsp3) is 0.300. The first-order chi connectivity index (χ1) is 10.7. The second-order valence-electron chi connectivity index (χ2n) is 4.76. The standard InChI is InChI=1S/C18H20O2.C2H6/c1-3-17(13-5-9-15(19)10-6-13)18(4-2)14-7-11-16(20)12-8-14;1-2/h5-12,19-20H,3-4H2,1-2H3;1-2H3/b18-17+;. The van der Waals surface area contributed by atoms with Crippen LogP contribution in [0.15, 0.2) is 48.5 Å². The Hall–Kier alpha value is -2.22. The van der Waals surface area contributed by atoms with Gasteiger partial charge in [0.25, 0.3) is 0 Å². The van der Waals surface area contributed by atoms with Crippen molar-refractivity contribution in [3.05, 3.63) is 59.7 Å². The van der Waals surface area contributed by atoms with E-state index in [1.807, 2.05) is 38.1 Å². The Morgan fingerprint density at radius 2 is 0.909 bits per heavy atom. The number of rotatable bonds is 4.